The van der Waals surface area contributed by atoms with Crippen LogP contribution in [0.1, 0.15) is 31.2 Å². The van der Waals surface area contributed by atoms with E-state index in [-0.39, 0.29) is 22.5 Å². The van der Waals surface area contributed by atoms with Gasteiger partial charge in [-0.25, -0.2) is 14.4 Å². The number of aromatic nitrogens is 1. The number of methoxy groups -OCH3 is 3. The number of rotatable bonds is 5. The van der Waals surface area contributed by atoms with Crippen LogP contribution in [0.25, 0.3) is 16.9 Å². The molecule has 30 heavy (non-hydrogen) atoms. The Labute approximate surface area is 177 Å². The van der Waals surface area contributed by atoms with Crippen LogP contribution in [0, 0.1) is 0 Å². The van der Waals surface area contributed by atoms with Crippen molar-refractivity contribution in [2.75, 3.05) is 21.3 Å². The second-order valence-electron chi connectivity index (χ2n) is 6.10. The van der Waals surface area contributed by atoms with Gasteiger partial charge in [-0.1, -0.05) is 41.9 Å². The number of carbonyl (C=O) groups is 3. The number of ether oxygens (including phenoxy) is 3. The summed E-state index contributed by atoms with van der Waals surface area (Å²) >= 11 is 6.02. The van der Waals surface area contributed by atoms with E-state index in [9.17, 15) is 14.4 Å². The highest BCUT2D eigenvalue weighted by Crippen LogP contribution is 2.36. The van der Waals surface area contributed by atoms with Crippen molar-refractivity contribution in [2.45, 2.75) is 0 Å². The minimum absolute atomic E-state index is 0.115. The number of para-hydroxylation sites is 1. The Morgan fingerprint density at radius 2 is 1.27 bits per heavy atom. The van der Waals surface area contributed by atoms with Gasteiger partial charge in [-0.15, -0.1) is 0 Å². The summed E-state index contributed by atoms with van der Waals surface area (Å²) in [6.07, 6.45) is 0. The molecule has 154 valence electrons. The van der Waals surface area contributed by atoms with E-state index in [1.165, 1.54) is 18.8 Å². The average Bonchev–Trinajstić information content (AvgIpc) is 3.14. The van der Waals surface area contributed by atoms with Crippen molar-refractivity contribution in [3.63, 3.8) is 0 Å². The molecule has 0 N–H and O–H groups in total. The van der Waals surface area contributed by atoms with Crippen LogP contribution in [0.4, 0.5) is 0 Å². The van der Waals surface area contributed by atoms with Crippen molar-refractivity contribution in [3.05, 3.63) is 76.4 Å². The first kappa shape index (κ1) is 21.1. The molecule has 2 aromatic carbocycles. The summed E-state index contributed by atoms with van der Waals surface area (Å²) in [5.74, 6) is -2.49. The minimum Gasteiger partial charge on any atom is -0.465 e. The summed E-state index contributed by atoms with van der Waals surface area (Å²) in [5, 5.41) is 0.484. The SMILES string of the molecule is COC(=O)c1c(C(=O)OC)c(-c2ccc(Cl)cc2)n(-c2ccccc2)c1C(=O)OC. The Hall–Kier alpha value is -3.58. The van der Waals surface area contributed by atoms with Crippen LogP contribution in [0.15, 0.2) is 54.6 Å². The van der Waals surface area contributed by atoms with E-state index in [1.807, 2.05) is 0 Å². The summed E-state index contributed by atoms with van der Waals surface area (Å²) < 4.78 is 16.2. The molecule has 7 nitrogen and oxygen atoms in total. The molecule has 0 bridgehead atoms. The number of benzene rings is 2. The average molecular weight is 428 g/mol. The number of carbonyl (C=O) groups excluding carboxylic acids is 3. The molecule has 1 aromatic heterocycles. The fourth-order valence-electron chi connectivity index (χ4n) is 3.18. The van der Waals surface area contributed by atoms with Crippen molar-refractivity contribution in [1.82, 2.24) is 4.57 Å². The fraction of sp³-hybridized carbons (Fsp3) is 0.136. The lowest BCUT2D eigenvalue weighted by molar-refractivity contribution is 0.0536. The molecule has 3 rings (SSSR count). The summed E-state index contributed by atoms with van der Waals surface area (Å²) in [7, 11) is 3.53. The fourth-order valence-corrected chi connectivity index (χ4v) is 3.31. The molecule has 0 atom stereocenters. The van der Waals surface area contributed by atoms with Crippen LogP contribution >= 0.6 is 11.6 Å². The summed E-state index contributed by atoms with van der Waals surface area (Å²) in [4.78, 5) is 38.3. The maximum Gasteiger partial charge on any atom is 0.355 e. The van der Waals surface area contributed by atoms with Crippen LogP contribution in [0.5, 0.6) is 0 Å². The first-order valence-corrected chi connectivity index (χ1v) is 9.17. The standard InChI is InChI=1S/C22H18ClNO6/c1-28-20(25)16-17(21(26)29-2)19(22(27)30-3)24(15-7-5-4-6-8-15)18(16)13-9-11-14(23)12-10-13/h4-12H,1-3H3. The van der Waals surface area contributed by atoms with Crippen molar-refractivity contribution >= 4 is 29.5 Å². The second-order valence-corrected chi connectivity index (χ2v) is 6.54. The predicted octanol–water partition coefficient (Wildman–Crippen LogP) is 4.16. The van der Waals surface area contributed by atoms with E-state index in [0.29, 0.717) is 16.3 Å². The third-order valence-corrected chi connectivity index (χ3v) is 4.71. The van der Waals surface area contributed by atoms with Crippen molar-refractivity contribution < 1.29 is 28.6 Å². The third-order valence-electron chi connectivity index (χ3n) is 4.46. The van der Waals surface area contributed by atoms with Gasteiger partial charge in [0.2, 0.25) is 0 Å². The molecule has 8 heteroatoms. The van der Waals surface area contributed by atoms with Crippen LogP contribution in [-0.4, -0.2) is 43.8 Å². The molecule has 0 saturated heterocycles. The van der Waals surface area contributed by atoms with Crippen LogP contribution in [0.3, 0.4) is 0 Å². The number of hydrogen-bond donors (Lipinski definition) is 0. The summed E-state index contributed by atoms with van der Waals surface area (Å²) in [5.41, 5.74) is 0.819. The molecule has 3 aromatic rings. The van der Waals surface area contributed by atoms with E-state index >= 15 is 0 Å². The van der Waals surface area contributed by atoms with E-state index in [2.05, 4.69) is 0 Å². The Morgan fingerprint density at radius 3 is 1.80 bits per heavy atom. The summed E-state index contributed by atoms with van der Waals surface area (Å²) in [6.45, 7) is 0. The van der Waals surface area contributed by atoms with E-state index < -0.39 is 17.9 Å². The number of nitrogens with zero attached hydrogens (tertiary/aromatic N) is 1. The van der Waals surface area contributed by atoms with Crippen molar-refractivity contribution in [2.24, 2.45) is 0 Å². The normalized spacial score (nSPS) is 10.4. The van der Waals surface area contributed by atoms with Crippen LogP contribution < -0.4 is 0 Å². The van der Waals surface area contributed by atoms with Gasteiger partial charge in [-0.05, 0) is 29.8 Å². The van der Waals surface area contributed by atoms with E-state index in [0.717, 1.165) is 7.11 Å². The van der Waals surface area contributed by atoms with Gasteiger partial charge in [0, 0.05) is 10.7 Å². The van der Waals surface area contributed by atoms with Gasteiger partial charge >= 0.3 is 17.9 Å². The molecular formula is C22H18ClNO6. The number of halogens is 1. The molecule has 0 unspecified atom stereocenters. The smallest absolute Gasteiger partial charge is 0.355 e. The number of esters is 3. The summed E-state index contributed by atoms with van der Waals surface area (Å²) in [6, 6.07) is 15.4. The predicted molar refractivity (Wildman–Crippen MR) is 110 cm³/mol. The largest absolute Gasteiger partial charge is 0.465 e. The van der Waals surface area contributed by atoms with Crippen molar-refractivity contribution in [3.8, 4) is 16.9 Å². The molecule has 0 aliphatic carbocycles. The van der Waals surface area contributed by atoms with Gasteiger partial charge in [0.1, 0.15) is 16.8 Å². The highest BCUT2D eigenvalue weighted by Gasteiger charge is 2.37. The Morgan fingerprint density at radius 1 is 0.733 bits per heavy atom. The minimum atomic E-state index is -0.874. The first-order chi connectivity index (χ1) is 14.4. The Bertz CT molecular complexity index is 1100. The molecular weight excluding hydrogens is 410 g/mol. The third kappa shape index (κ3) is 3.67. The van der Waals surface area contributed by atoms with Gasteiger partial charge in [0.25, 0.3) is 0 Å². The molecule has 1 heterocycles. The lowest BCUT2D eigenvalue weighted by atomic mass is 10.0. The second kappa shape index (κ2) is 8.84. The Balaban J connectivity index is 2.56. The van der Waals surface area contributed by atoms with Gasteiger partial charge in [-0.3, -0.25) is 0 Å². The zero-order chi connectivity index (χ0) is 21.8. The number of hydrogen-bond acceptors (Lipinski definition) is 6. The molecule has 0 aliphatic rings. The van der Waals surface area contributed by atoms with Crippen molar-refractivity contribution in [1.29, 1.82) is 0 Å². The van der Waals surface area contributed by atoms with Crippen LogP contribution in [0.2, 0.25) is 5.02 Å². The zero-order valence-electron chi connectivity index (χ0n) is 16.5. The quantitative estimate of drug-likeness (QED) is 0.449. The molecule has 0 radical (unpaired) electrons. The highest BCUT2D eigenvalue weighted by atomic mass is 35.5. The van der Waals surface area contributed by atoms with E-state index in [1.54, 1.807) is 54.6 Å². The lowest BCUT2D eigenvalue weighted by Gasteiger charge is -2.14. The van der Waals surface area contributed by atoms with Gasteiger partial charge in [-0.2, -0.15) is 0 Å². The maximum atomic E-state index is 12.8. The van der Waals surface area contributed by atoms with Crippen LogP contribution in [-0.2, 0) is 14.2 Å². The van der Waals surface area contributed by atoms with Gasteiger partial charge in [0.05, 0.1) is 27.0 Å². The van der Waals surface area contributed by atoms with E-state index in [4.69, 9.17) is 25.8 Å². The maximum absolute atomic E-state index is 12.8. The zero-order valence-corrected chi connectivity index (χ0v) is 17.2. The Kier molecular flexibility index (Phi) is 6.23. The molecule has 0 spiro atoms. The molecule has 0 amide bonds. The molecule has 0 fully saturated rings. The lowest BCUT2D eigenvalue weighted by Crippen LogP contribution is -2.16. The topological polar surface area (TPSA) is 83.8 Å². The molecule has 0 aliphatic heterocycles. The van der Waals surface area contributed by atoms with Gasteiger partial charge in [0.15, 0.2) is 0 Å². The monoisotopic (exact) mass is 427 g/mol. The molecule has 0 saturated carbocycles. The highest BCUT2D eigenvalue weighted by molar-refractivity contribution is 6.30. The first-order valence-electron chi connectivity index (χ1n) is 8.79. The van der Waals surface area contributed by atoms with Gasteiger partial charge < -0.3 is 18.8 Å².